The third-order valence-corrected chi connectivity index (χ3v) is 7.08. The fourth-order valence-electron chi connectivity index (χ4n) is 5.22. The Morgan fingerprint density at radius 2 is 1.23 bits per heavy atom. The minimum absolute atomic E-state index is 0.00578. The van der Waals surface area contributed by atoms with E-state index in [4.69, 9.17) is 16.4 Å². The van der Waals surface area contributed by atoms with Gasteiger partial charge in [0.1, 0.15) is 0 Å². The van der Waals surface area contributed by atoms with Crippen molar-refractivity contribution < 1.29 is 24.7 Å². The van der Waals surface area contributed by atoms with Crippen LogP contribution in [-0.2, 0) is 0 Å². The van der Waals surface area contributed by atoms with Gasteiger partial charge in [-0.25, -0.2) is 0 Å². The van der Waals surface area contributed by atoms with Crippen molar-refractivity contribution in [3.63, 3.8) is 0 Å². The van der Waals surface area contributed by atoms with E-state index in [0.29, 0.717) is 18.4 Å². The molecule has 7 aromatic carbocycles. The second-order valence-corrected chi connectivity index (χ2v) is 9.43. The molecule has 0 atom stereocenters. The highest BCUT2D eigenvalue weighted by atomic mass is 14.3. The van der Waals surface area contributed by atoms with E-state index in [0.717, 1.165) is 0 Å². The van der Waals surface area contributed by atoms with Gasteiger partial charge in [0.05, 0.1) is 24.7 Å². The van der Waals surface area contributed by atoms with Crippen molar-refractivity contribution in [2.45, 2.75) is 18.8 Å². The van der Waals surface area contributed by atoms with E-state index in [1.54, 1.807) is 30.3 Å². The van der Waals surface area contributed by atoms with Crippen LogP contribution in [0.3, 0.4) is 0 Å². The maximum absolute atomic E-state index is 9.67. The number of hydrogen-bond acceptors (Lipinski definition) is 0. The summed E-state index contributed by atoms with van der Waals surface area (Å²) in [6.45, 7) is 0. The lowest BCUT2D eigenvalue weighted by Gasteiger charge is -2.21. The van der Waals surface area contributed by atoms with E-state index in [9.17, 15) is 8.22 Å². The minimum atomic E-state index is -0.793. The van der Waals surface area contributed by atoms with Gasteiger partial charge in [0.2, 0.25) is 0 Å². The first-order valence-electron chi connectivity index (χ1n) is 21.5. The Hall–Kier alpha value is -4.68. The largest absolute Gasteiger partial charge is 0.0636 e. The summed E-state index contributed by atoms with van der Waals surface area (Å²) < 4.78 is 161. The highest BCUT2D eigenvalue weighted by Crippen LogP contribution is 2.51. The molecule has 0 aromatic heterocycles. The molecule has 0 heterocycles. The smallest absolute Gasteiger partial charge is 0.0622 e. The van der Waals surface area contributed by atoms with E-state index >= 15 is 0 Å². The first kappa shape index (κ1) is 10.8. The molecule has 0 unspecified atom stereocenters. The highest BCUT2D eigenvalue weighted by Gasteiger charge is 2.28. The monoisotopic (exact) mass is 514 g/mol. The van der Waals surface area contributed by atoms with E-state index < -0.39 is 130 Å². The lowest BCUT2D eigenvalue weighted by atomic mass is 9.82. The molecule has 0 nitrogen and oxygen atoms in total. The van der Waals surface area contributed by atoms with Crippen molar-refractivity contribution in [1.29, 1.82) is 0 Å². The molecule has 8 rings (SSSR count). The van der Waals surface area contributed by atoms with Crippen LogP contribution in [0.5, 0.6) is 0 Å². The average molecular weight is 515 g/mol. The predicted octanol–water partition coefficient (Wildman–Crippen LogP) is 11.0. The Balaban J connectivity index is 1.77. The number of hydrogen-bond donors (Lipinski definition) is 0. The summed E-state index contributed by atoms with van der Waals surface area (Å²) in [6.07, 6.45) is 1.10. The van der Waals surface area contributed by atoms with Crippen LogP contribution in [0, 0.1) is 0 Å². The first-order valence-corrected chi connectivity index (χ1v) is 12.5. The molecule has 184 valence electrons. The Morgan fingerprint density at radius 1 is 0.513 bits per heavy atom. The summed E-state index contributed by atoms with van der Waals surface area (Å²) in [7, 11) is 0. The van der Waals surface area contributed by atoms with Crippen molar-refractivity contribution >= 4 is 32.3 Å². The van der Waals surface area contributed by atoms with Gasteiger partial charge >= 0.3 is 0 Å². The molecule has 1 aliphatic rings. The molecule has 0 aliphatic heterocycles. The van der Waals surface area contributed by atoms with Crippen molar-refractivity contribution in [3.05, 3.63) is 145 Å². The first-order chi connectivity index (χ1) is 26.9. The van der Waals surface area contributed by atoms with E-state index in [2.05, 4.69) is 0 Å². The van der Waals surface area contributed by atoms with Gasteiger partial charge in [-0.2, -0.15) is 0 Å². The van der Waals surface area contributed by atoms with E-state index in [1.165, 1.54) is 0 Å². The lowest BCUT2D eigenvalue weighted by molar-refractivity contribution is 1.15. The number of rotatable bonds is 4. The zero-order valence-electron chi connectivity index (χ0n) is 38.4. The third-order valence-electron chi connectivity index (χ3n) is 7.08. The van der Waals surface area contributed by atoms with Crippen LogP contribution in [0.15, 0.2) is 139 Å². The van der Waals surface area contributed by atoms with Crippen molar-refractivity contribution in [3.8, 4) is 33.4 Å². The number of benzene rings is 7. The SMILES string of the molecule is [2H]c1c([2H])c([2H])c(-c2c([2H])c([2H])c3c([2H])c([2H])c([2H])c(-c4c5c([2H])c([2H])c([2H])c([2H])c5c(-c5ccccc5)c5c([2H])c([2H])c([2H])c(C6CC6)c45)c3c2[2H])c([2H])c1[2H]. The molecule has 7 aromatic rings. The van der Waals surface area contributed by atoms with Crippen LogP contribution in [0.25, 0.3) is 65.7 Å². The van der Waals surface area contributed by atoms with Gasteiger partial charge in [0, 0.05) is 0 Å². The summed E-state index contributed by atoms with van der Waals surface area (Å²) in [6, 6.07) is -3.71. The molecule has 0 bridgehead atoms. The second kappa shape index (κ2) is 8.96. The predicted molar refractivity (Wildman–Crippen MR) is 167 cm³/mol. The highest BCUT2D eigenvalue weighted by molar-refractivity contribution is 6.24. The maximum Gasteiger partial charge on any atom is 0.0636 e. The second-order valence-electron chi connectivity index (χ2n) is 9.43. The molecule has 1 saturated carbocycles. The van der Waals surface area contributed by atoms with Gasteiger partial charge in [-0.05, 0) is 96.1 Å². The summed E-state index contributed by atoms with van der Waals surface area (Å²) in [4.78, 5) is 0. The van der Waals surface area contributed by atoms with Gasteiger partial charge in [-0.3, -0.25) is 0 Å². The van der Waals surface area contributed by atoms with E-state index in [-0.39, 0.29) is 50.2 Å². The van der Waals surface area contributed by atoms with Gasteiger partial charge in [-0.15, -0.1) is 0 Å². The zero-order valence-corrected chi connectivity index (χ0v) is 20.4. The molecule has 39 heavy (non-hydrogen) atoms. The molecule has 0 N–H and O–H groups in total. The molecular weight excluding hydrogens is 468 g/mol. The van der Waals surface area contributed by atoms with Crippen molar-refractivity contribution in [2.24, 2.45) is 0 Å². The van der Waals surface area contributed by atoms with Crippen LogP contribution in [0.4, 0.5) is 0 Å². The average Bonchev–Trinajstić information content (AvgIpc) is 4.04. The Kier molecular flexibility index (Phi) is 2.49. The van der Waals surface area contributed by atoms with E-state index in [1.807, 2.05) is 0 Å². The van der Waals surface area contributed by atoms with Crippen LogP contribution in [0.1, 0.15) is 49.0 Å². The molecular formula is C39H28. The molecule has 0 radical (unpaired) electrons. The van der Waals surface area contributed by atoms with Crippen LogP contribution >= 0.6 is 0 Å². The minimum Gasteiger partial charge on any atom is -0.0622 e. The summed E-state index contributed by atoms with van der Waals surface area (Å²) in [5.41, 5.74) is -1.02. The Bertz CT molecular complexity index is 2960. The fourth-order valence-corrected chi connectivity index (χ4v) is 5.22. The van der Waals surface area contributed by atoms with Crippen LogP contribution in [0.2, 0.25) is 0 Å². The van der Waals surface area contributed by atoms with Gasteiger partial charge in [0.25, 0.3) is 0 Å². The molecule has 0 heteroatoms. The van der Waals surface area contributed by atoms with Crippen molar-refractivity contribution in [1.82, 2.24) is 0 Å². The molecule has 1 aliphatic carbocycles. The Labute approximate surface area is 254 Å². The quantitative estimate of drug-likeness (QED) is 0.205. The van der Waals surface area contributed by atoms with Crippen molar-refractivity contribution in [2.75, 3.05) is 0 Å². The van der Waals surface area contributed by atoms with Gasteiger partial charge < -0.3 is 0 Å². The lowest BCUT2D eigenvalue weighted by Crippen LogP contribution is -1.95. The molecule has 0 amide bonds. The maximum atomic E-state index is 9.67. The van der Waals surface area contributed by atoms with Crippen LogP contribution < -0.4 is 0 Å². The molecule has 0 saturated heterocycles. The summed E-state index contributed by atoms with van der Waals surface area (Å²) >= 11 is 0. The van der Waals surface area contributed by atoms with Crippen LogP contribution in [-0.4, -0.2) is 0 Å². The topological polar surface area (TPSA) is 0 Å². The third kappa shape index (κ3) is 3.67. The normalized spacial score (nSPS) is 19.8. The summed E-state index contributed by atoms with van der Waals surface area (Å²) in [5.74, 6) is -0.366. The van der Waals surface area contributed by atoms with Gasteiger partial charge in [0.15, 0.2) is 0 Å². The zero-order chi connectivity index (χ0) is 41.4. The standard InChI is InChI=1S/C39H28/c1-3-11-26(12-4-1)30-24-23-27-15-9-19-34(36(27)25-30)39-33-17-8-7-16-32(33)37(29-13-5-2-6-14-29)35-20-10-18-31(38(35)39)28-21-22-28/h1-20,23-25,28H,21-22H2/i1D,3D,4D,7D,8D,9D,10D,11D,12D,15D,16D,17D,18D,19D,20D,23D,24D,25D. The fraction of sp³-hybridized carbons (Fsp3) is 0.0769. The molecule has 1 fully saturated rings. The van der Waals surface area contributed by atoms with Gasteiger partial charge in [-0.1, -0.05) is 133 Å². The molecule has 0 spiro atoms. The number of fused-ring (bicyclic) bond motifs is 3. The Morgan fingerprint density at radius 3 is 2.03 bits per heavy atom. The summed E-state index contributed by atoms with van der Waals surface area (Å²) in [5, 5.41) is -1.21.